The minimum absolute atomic E-state index is 0.638. The van der Waals surface area contributed by atoms with Crippen molar-refractivity contribution in [2.75, 3.05) is 25.0 Å². The number of anilines is 1. The first-order valence-electron chi connectivity index (χ1n) is 5.86. The van der Waals surface area contributed by atoms with E-state index in [-0.39, 0.29) is 0 Å². The normalized spacial score (nSPS) is 16.5. The summed E-state index contributed by atoms with van der Waals surface area (Å²) in [6.45, 7) is 4.52. The Bertz CT molecular complexity index is 322. The lowest BCUT2D eigenvalue weighted by atomic mass is 10.1. The van der Waals surface area contributed by atoms with Gasteiger partial charge in [-0.15, -0.1) is 0 Å². The predicted molar refractivity (Wildman–Crippen MR) is 65.5 cm³/mol. The van der Waals surface area contributed by atoms with Crippen LogP contribution in [-0.4, -0.2) is 26.2 Å². The molecule has 0 saturated heterocycles. The number of hydrogen-bond acceptors (Lipinski definition) is 2. The molecule has 2 rings (SSSR count). The first-order chi connectivity index (χ1) is 7.36. The molecule has 0 aromatic heterocycles. The molecule has 2 heteroatoms. The molecule has 0 aliphatic carbocycles. The van der Waals surface area contributed by atoms with Crippen LogP contribution in [0.25, 0.3) is 0 Å². The van der Waals surface area contributed by atoms with E-state index in [9.17, 15) is 0 Å². The van der Waals surface area contributed by atoms with E-state index in [1.807, 2.05) is 7.05 Å². The lowest BCUT2D eigenvalue weighted by molar-refractivity contribution is 0.555. The standard InChI is InChI=1S/C13H20N2/c1-3-12(10-14-2)15-9-8-11-6-4-5-7-13(11)15/h4-7,12,14H,3,8-10H2,1-2H3. The summed E-state index contributed by atoms with van der Waals surface area (Å²) in [5.74, 6) is 0. The number of para-hydroxylation sites is 1. The minimum atomic E-state index is 0.638. The zero-order chi connectivity index (χ0) is 10.7. The Morgan fingerprint density at radius 1 is 1.40 bits per heavy atom. The van der Waals surface area contributed by atoms with Crippen LogP contribution < -0.4 is 10.2 Å². The predicted octanol–water partition coefficient (Wildman–Crippen LogP) is 2.05. The number of likely N-dealkylation sites (N-methyl/N-ethyl adjacent to an activating group) is 1. The number of fused-ring (bicyclic) bond motifs is 1. The average molecular weight is 204 g/mol. The highest BCUT2D eigenvalue weighted by Crippen LogP contribution is 2.29. The van der Waals surface area contributed by atoms with Crippen LogP contribution in [0.5, 0.6) is 0 Å². The van der Waals surface area contributed by atoms with E-state index >= 15 is 0 Å². The Hall–Kier alpha value is -1.02. The summed E-state index contributed by atoms with van der Waals surface area (Å²) in [4.78, 5) is 2.55. The SMILES string of the molecule is CCC(CNC)N1CCc2ccccc21. The van der Waals surface area contributed by atoms with Gasteiger partial charge in [-0.05, 0) is 31.5 Å². The smallest absolute Gasteiger partial charge is 0.0412 e. The van der Waals surface area contributed by atoms with Crippen molar-refractivity contribution in [1.29, 1.82) is 0 Å². The Morgan fingerprint density at radius 3 is 2.93 bits per heavy atom. The van der Waals surface area contributed by atoms with Gasteiger partial charge in [0.05, 0.1) is 0 Å². The molecule has 1 aliphatic rings. The van der Waals surface area contributed by atoms with E-state index in [0.29, 0.717) is 6.04 Å². The Balaban J connectivity index is 2.18. The lowest BCUT2D eigenvalue weighted by Gasteiger charge is -2.29. The number of hydrogen-bond donors (Lipinski definition) is 1. The fourth-order valence-corrected chi connectivity index (χ4v) is 2.45. The molecule has 2 nitrogen and oxygen atoms in total. The van der Waals surface area contributed by atoms with Crippen molar-refractivity contribution in [3.8, 4) is 0 Å². The fraction of sp³-hybridized carbons (Fsp3) is 0.538. The summed E-state index contributed by atoms with van der Waals surface area (Å²) in [7, 11) is 2.03. The van der Waals surface area contributed by atoms with Crippen LogP contribution in [0.15, 0.2) is 24.3 Å². The maximum atomic E-state index is 3.28. The maximum absolute atomic E-state index is 3.28. The van der Waals surface area contributed by atoms with E-state index in [4.69, 9.17) is 0 Å². The second-order valence-electron chi connectivity index (χ2n) is 4.19. The fourth-order valence-electron chi connectivity index (χ4n) is 2.45. The van der Waals surface area contributed by atoms with Gasteiger partial charge in [-0.1, -0.05) is 25.1 Å². The van der Waals surface area contributed by atoms with Crippen LogP contribution in [0.1, 0.15) is 18.9 Å². The number of rotatable bonds is 4. The third-order valence-corrected chi connectivity index (χ3v) is 3.27. The van der Waals surface area contributed by atoms with Gasteiger partial charge in [0.25, 0.3) is 0 Å². The average Bonchev–Trinajstić information content (AvgIpc) is 2.70. The molecule has 1 heterocycles. The van der Waals surface area contributed by atoms with Crippen LogP contribution in [0, 0.1) is 0 Å². The molecule has 1 atom stereocenters. The van der Waals surface area contributed by atoms with Crippen LogP contribution in [0.3, 0.4) is 0 Å². The number of nitrogens with one attached hydrogen (secondary N) is 1. The minimum Gasteiger partial charge on any atom is -0.367 e. The molecule has 1 aromatic rings. The molecule has 0 saturated carbocycles. The van der Waals surface area contributed by atoms with Crippen molar-refractivity contribution in [2.24, 2.45) is 0 Å². The first kappa shape index (κ1) is 10.5. The third kappa shape index (κ3) is 2.00. The Labute approximate surface area is 92.3 Å². The molecule has 0 radical (unpaired) electrons. The lowest BCUT2D eigenvalue weighted by Crippen LogP contribution is -2.40. The van der Waals surface area contributed by atoms with E-state index in [2.05, 4.69) is 41.4 Å². The maximum Gasteiger partial charge on any atom is 0.0412 e. The zero-order valence-corrected chi connectivity index (χ0v) is 9.66. The van der Waals surface area contributed by atoms with Gasteiger partial charge in [0.15, 0.2) is 0 Å². The second-order valence-corrected chi connectivity index (χ2v) is 4.19. The summed E-state index contributed by atoms with van der Waals surface area (Å²) in [5.41, 5.74) is 2.95. The van der Waals surface area contributed by atoms with Crippen LogP contribution in [0.2, 0.25) is 0 Å². The van der Waals surface area contributed by atoms with Gasteiger partial charge >= 0.3 is 0 Å². The molecule has 82 valence electrons. The van der Waals surface area contributed by atoms with Crippen LogP contribution >= 0.6 is 0 Å². The zero-order valence-electron chi connectivity index (χ0n) is 9.66. The van der Waals surface area contributed by atoms with Gasteiger partial charge in [-0.2, -0.15) is 0 Å². The summed E-state index contributed by atoms with van der Waals surface area (Å²) < 4.78 is 0. The highest BCUT2D eigenvalue weighted by molar-refractivity contribution is 5.58. The molecule has 1 aromatic carbocycles. The van der Waals surface area contributed by atoms with Crippen molar-refractivity contribution in [1.82, 2.24) is 5.32 Å². The molecule has 1 unspecified atom stereocenters. The topological polar surface area (TPSA) is 15.3 Å². The van der Waals surface area contributed by atoms with Gasteiger partial charge in [-0.3, -0.25) is 0 Å². The molecular weight excluding hydrogens is 184 g/mol. The first-order valence-corrected chi connectivity index (χ1v) is 5.86. The highest BCUT2D eigenvalue weighted by Gasteiger charge is 2.23. The highest BCUT2D eigenvalue weighted by atomic mass is 15.2. The molecule has 1 aliphatic heterocycles. The van der Waals surface area contributed by atoms with Gasteiger partial charge < -0.3 is 10.2 Å². The van der Waals surface area contributed by atoms with Crippen molar-refractivity contribution in [2.45, 2.75) is 25.8 Å². The Morgan fingerprint density at radius 2 is 2.20 bits per heavy atom. The van der Waals surface area contributed by atoms with Crippen LogP contribution in [0.4, 0.5) is 5.69 Å². The summed E-state index contributed by atoms with van der Waals surface area (Å²) in [6, 6.07) is 9.42. The molecule has 0 bridgehead atoms. The monoisotopic (exact) mass is 204 g/mol. The molecular formula is C13H20N2. The Kier molecular flexibility index (Phi) is 3.27. The van der Waals surface area contributed by atoms with Crippen molar-refractivity contribution >= 4 is 5.69 Å². The molecule has 0 fully saturated rings. The van der Waals surface area contributed by atoms with Gasteiger partial charge in [0.1, 0.15) is 0 Å². The van der Waals surface area contributed by atoms with Gasteiger partial charge in [0.2, 0.25) is 0 Å². The van der Waals surface area contributed by atoms with Gasteiger partial charge in [-0.25, -0.2) is 0 Å². The molecule has 15 heavy (non-hydrogen) atoms. The quantitative estimate of drug-likeness (QED) is 0.807. The molecule has 0 spiro atoms. The van der Waals surface area contributed by atoms with Crippen molar-refractivity contribution in [3.05, 3.63) is 29.8 Å². The van der Waals surface area contributed by atoms with Crippen molar-refractivity contribution in [3.63, 3.8) is 0 Å². The molecule has 1 N–H and O–H groups in total. The summed E-state index contributed by atoms with van der Waals surface area (Å²) >= 11 is 0. The van der Waals surface area contributed by atoms with Gasteiger partial charge in [0, 0.05) is 24.8 Å². The third-order valence-electron chi connectivity index (χ3n) is 3.27. The van der Waals surface area contributed by atoms with E-state index in [0.717, 1.165) is 6.54 Å². The van der Waals surface area contributed by atoms with E-state index in [1.165, 1.54) is 30.6 Å². The summed E-state index contributed by atoms with van der Waals surface area (Å²) in [6.07, 6.45) is 2.41. The molecule has 0 amide bonds. The van der Waals surface area contributed by atoms with Crippen molar-refractivity contribution < 1.29 is 0 Å². The second kappa shape index (κ2) is 4.67. The largest absolute Gasteiger partial charge is 0.367 e. The number of nitrogens with zero attached hydrogens (tertiary/aromatic N) is 1. The van der Waals surface area contributed by atoms with E-state index in [1.54, 1.807) is 0 Å². The number of benzene rings is 1. The van der Waals surface area contributed by atoms with E-state index < -0.39 is 0 Å². The summed E-state index contributed by atoms with van der Waals surface area (Å²) in [5, 5.41) is 3.28. The van der Waals surface area contributed by atoms with Crippen LogP contribution in [-0.2, 0) is 6.42 Å².